The van der Waals surface area contributed by atoms with E-state index in [9.17, 15) is 22.4 Å². The van der Waals surface area contributed by atoms with Crippen molar-refractivity contribution in [3.8, 4) is 0 Å². The highest BCUT2D eigenvalue weighted by atomic mass is 32.2. The summed E-state index contributed by atoms with van der Waals surface area (Å²) in [5.74, 6) is -4.38. The molecule has 1 amide bonds. The molecule has 23 heavy (non-hydrogen) atoms. The lowest BCUT2D eigenvalue weighted by Crippen LogP contribution is -2.32. The zero-order valence-electron chi connectivity index (χ0n) is 12.2. The van der Waals surface area contributed by atoms with Gasteiger partial charge in [-0.15, -0.1) is 11.8 Å². The molecule has 0 heterocycles. The predicted octanol–water partition coefficient (Wildman–Crippen LogP) is 4.39. The summed E-state index contributed by atoms with van der Waals surface area (Å²) in [5, 5.41) is 0. The molecule has 0 aliphatic rings. The molecule has 0 N–H and O–H groups in total. The van der Waals surface area contributed by atoms with Crippen molar-refractivity contribution in [2.24, 2.45) is 0 Å². The van der Waals surface area contributed by atoms with E-state index in [0.717, 1.165) is 36.0 Å². The van der Waals surface area contributed by atoms with Gasteiger partial charge in [0.1, 0.15) is 0 Å². The fourth-order valence-electron chi connectivity index (χ4n) is 1.95. The van der Waals surface area contributed by atoms with Crippen molar-refractivity contribution in [1.29, 1.82) is 0 Å². The molecule has 0 bridgehead atoms. The van der Waals surface area contributed by atoms with Crippen LogP contribution in [0.3, 0.4) is 0 Å². The van der Waals surface area contributed by atoms with E-state index in [1.807, 2.05) is 0 Å². The van der Waals surface area contributed by atoms with Gasteiger partial charge in [0, 0.05) is 23.2 Å². The molecule has 0 unspecified atom stereocenters. The van der Waals surface area contributed by atoms with Gasteiger partial charge in [-0.1, -0.05) is 0 Å². The molecule has 122 valence electrons. The summed E-state index contributed by atoms with van der Waals surface area (Å²) in [4.78, 5) is 13.9. The maximum atomic E-state index is 13.3. The summed E-state index contributed by atoms with van der Waals surface area (Å²) < 4.78 is 52.2. The Kier molecular flexibility index (Phi) is 5.65. The number of benzene rings is 2. The Morgan fingerprint density at radius 2 is 1.57 bits per heavy atom. The summed E-state index contributed by atoms with van der Waals surface area (Å²) in [6.07, 6.45) is 0. The number of rotatable bonds is 5. The van der Waals surface area contributed by atoms with Gasteiger partial charge in [0.25, 0.3) is 0 Å². The van der Waals surface area contributed by atoms with Crippen LogP contribution >= 0.6 is 11.8 Å². The Bertz CT molecular complexity index is 723. The first-order valence-corrected chi connectivity index (χ1v) is 7.74. The van der Waals surface area contributed by atoms with Crippen molar-refractivity contribution >= 4 is 23.4 Å². The molecule has 0 saturated carbocycles. The van der Waals surface area contributed by atoms with Crippen molar-refractivity contribution < 1.29 is 22.4 Å². The molecule has 0 aromatic heterocycles. The third-order valence-corrected chi connectivity index (χ3v) is 4.06. The smallest absolute Gasteiger partial charge is 0.237 e. The normalized spacial score (nSPS) is 10.7. The second kappa shape index (κ2) is 7.50. The number of halogens is 4. The van der Waals surface area contributed by atoms with Crippen molar-refractivity contribution in [2.75, 3.05) is 17.2 Å². The van der Waals surface area contributed by atoms with Crippen molar-refractivity contribution in [2.45, 2.75) is 11.8 Å². The fraction of sp³-hybridized carbons (Fsp3) is 0.188. The molecule has 2 rings (SSSR count). The number of thioether (sulfide) groups is 1. The van der Waals surface area contributed by atoms with Gasteiger partial charge in [0.15, 0.2) is 23.3 Å². The summed E-state index contributed by atoms with van der Waals surface area (Å²) in [6, 6.07) is 6.55. The molecule has 7 heteroatoms. The second-order valence-corrected chi connectivity index (χ2v) is 5.65. The van der Waals surface area contributed by atoms with E-state index < -0.39 is 23.3 Å². The highest BCUT2D eigenvalue weighted by Crippen LogP contribution is 2.23. The quantitative estimate of drug-likeness (QED) is 0.593. The minimum absolute atomic E-state index is 0.0437. The van der Waals surface area contributed by atoms with E-state index in [4.69, 9.17) is 0 Å². The van der Waals surface area contributed by atoms with Crippen molar-refractivity contribution in [3.05, 3.63) is 59.7 Å². The van der Waals surface area contributed by atoms with E-state index in [2.05, 4.69) is 0 Å². The van der Waals surface area contributed by atoms with Crippen LogP contribution in [0.15, 0.2) is 41.3 Å². The van der Waals surface area contributed by atoms with Gasteiger partial charge in [-0.2, -0.15) is 0 Å². The largest absolute Gasteiger partial charge is 0.312 e. The van der Waals surface area contributed by atoms with E-state index in [1.54, 1.807) is 6.92 Å². The van der Waals surface area contributed by atoms with E-state index in [0.29, 0.717) is 4.90 Å². The molecular weight excluding hydrogens is 330 g/mol. The number of hydrogen-bond donors (Lipinski definition) is 0. The van der Waals surface area contributed by atoms with Crippen LogP contribution in [0.1, 0.15) is 6.92 Å². The van der Waals surface area contributed by atoms with Crippen LogP contribution in [-0.4, -0.2) is 18.2 Å². The summed E-state index contributed by atoms with van der Waals surface area (Å²) >= 11 is 1.03. The Labute approximate surface area is 135 Å². The number of carbonyl (C=O) groups is 1. The molecule has 2 aromatic carbocycles. The van der Waals surface area contributed by atoms with Gasteiger partial charge < -0.3 is 4.90 Å². The van der Waals surface area contributed by atoms with Gasteiger partial charge in [-0.05, 0) is 37.3 Å². The first kappa shape index (κ1) is 17.3. The maximum Gasteiger partial charge on any atom is 0.237 e. The van der Waals surface area contributed by atoms with Gasteiger partial charge in [0.2, 0.25) is 5.91 Å². The maximum absolute atomic E-state index is 13.3. The van der Waals surface area contributed by atoms with Gasteiger partial charge >= 0.3 is 0 Å². The highest BCUT2D eigenvalue weighted by molar-refractivity contribution is 8.00. The van der Waals surface area contributed by atoms with Crippen molar-refractivity contribution in [3.63, 3.8) is 0 Å². The molecule has 0 saturated heterocycles. The molecule has 0 radical (unpaired) electrons. The van der Waals surface area contributed by atoms with Crippen LogP contribution in [0.4, 0.5) is 23.2 Å². The van der Waals surface area contributed by atoms with Crippen LogP contribution in [0.2, 0.25) is 0 Å². The van der Waals surface area contributed by atoms with Crippen LogP contribution in [0.25, 0.3) is 0 Å². The molecule has 0 aliphatic carbocycles. The third kappa shape index (κ3) is 4.25. The minimum Gasteiger partial charge on any atom is -0.312 e. The predicted molar refractivity (Wildman–Crippen MR) is 81.5 cm³/mol. The fourth-order valence-corrected chi connectivity index (χ4v) is 2.74. The molecule has 2 nitrogen and oxygen atoms in total. The first-order valence-electron chi connectivity index (χ1n) is 6.75. The molecule has 0 atom stereocenters. The van der Waals surface area contributed by atoms with Crippen LogP contribution in [0, 0.1) is 23.3 Å². The van der Waals surface area contributed by atoms with E-state index in [1.165, 1.54) is 17.0 Å². The van der Waals surface area contributed by atoms with Gasteiger partial charge in [0.05, 0.1) is 5.75 Å². The Morgan fingerprint density at radius 3 is 2.13 bits per heavy atom. The zero-order chi connectivity index (χ0) is 17.0. The average molecular weight is 343 g/mol. The lowest BCUT2D eigenvalue weighted by molar-refractivity contribution is -0.116. The standard InChI is InChI=1S/C16H13F4NOS/c1-2-21(10-3-5-12(17)14(19)7-10)16(22)9-23-11-4-6-13(18)15(20)8-11/h3-8H,2,9H2,1H3. The SMILES string of the molecule is CCN(C(=O)CSc1ccc(F)c(F)c1)c1ccc(F)c(F)c1. The number of amides is 1. The van der Waals surface area contributed by atoms with Crippen LogP contribution in [0.5, 0.6) is 0 Å². The first-order chi connectivity index (χ1) is 10.9. The Morgan fingerprint density at radius 1 is 0.957 bits per heavy atom. The van der Waals surface area contributed by atoms with Crippen LogP contribution < -0.4 is 4.90 Å². The number of hydrogen-bond acceptors (Lipinski definition) is 2. The highest BCUT2D eigenvalue weighted by Gasteiger charge is 2.16. The molecule has 0 aliphatic heterocycles. The topological polar surface area (TPSA) is 20.3 Å². The molecule has 0 spiro atoms. The third-order valence-electron chi connectivity index (χ3n) is 3.09. The zero-order valence-corrected chi connectivity index (χ0v) is 13.0. The lowest BCUT2D eigenvalue weighted by Gasteiger charge is -2.21. The average Bonchev–Trinajstić information content (AvgIpc) is 2.52. The summed E-state index contributed by atoms with van der Waals surface area (Å²) in [7, 11) is 0. The second-order valence-electron chi connectivity index (χ2n) is 4.60. The molecule has 2 aromatic rings. The Hall–Kier alpha value is -2.02. The number of anilines is 1. The van der Waals surface area contributed by atoms with E-state index >= 15 is 0 Å². The Balaban J connectivity index is 2.07. The van der Waals surface area contributed by atoms with Crippen LogP contribution in [-0.2, 0) is 4.79 Å². The molecule has 0 fully saturated rings. The number of nitrogens with zero attached hydrogens (tertiary/aromatic N) is 1. The summed E-state index contributed by atoms with van der Waals surface area (Å²) in [5.41, 5.74) is 0.238. The van der Waals surface area contributed by atoms with Gasteiger partial charge in [-0.3, -0.25) is 4.79 Å². The summed E-state index contributed by atoms with van der Waals surface area (Å²) in [6.45, 7) is 1.96. The molecular formula is C16H13F4NOS. The monoisotopic (exact) mass is 343 g/mol. The number of carbonyl (C=O) groups excluding carboxylic acids is 1. The lowest BCUT2D eigenvalue weighted by atomic mass is 10.2. The minimum atomic E-state index is -1.04. The van der Waals surface area contributed by atoms with Crippen molar-refractivity contribution in [1.82, 2.24) is 0 Å². The van der Waals surface area contributed by atoms with Gasteiger partial charge in [-0.25, -0.2) is 17.6 Å². The van der Waals surface area contributed by atoms with E-state index in [-0.39, 0.29) is 23.9 Å².